The smallest absolute Gasteiger partial charge is 0.180 e. The first kappa shape index (κ1) is 18.1. The van der Waals surface area contributed by atoms with Crippen LogP contribution in [0.25, 0.3) is 11.3 Å². The molecular formula is C20H21N3O2S. The van der Waals surface area contributed by atoms with Crippen molar-refractivity contribution < 1.29 is 8.42 Å². The predicted octanol–water partition coefficient (Wildman–Crippen LogP) is 3.94. The molecule has 0 atom stereocenters. The largest absolute Gasteiger partial charge is 0.365 e. The van der Waals surface area contributed by atoms with Gasteiger partial charge in [-0.15, -0.1) is 0 Å². The number of nitrogens with zero attached hydrogens (tertiary/aromatic N) is 2. The molecule has 5 nitrogen and oxygen atoms in total. The zero-order valence-corrected chi connectivity index (χ0v) is 15.6. The summed E-state index contributed by atoms with van der Waals surface area (Å²) in [6, 6.07) is 16.8. The van der Waals surface area contributed by atoms with Gasteiger partial charge in [0, 0.05) is 12.1 Å². The topological polar surface area (TPSA) is 72.0 Å². The summed E-state index contributed by atoms with van der Waals surface area (Å²) in [5.74, 6) is 0.672. The number of benzene rings is 2. The highest BCUT2D eigenvalue weighted by atomic mass is 32.2. The average Bonchev–Trinajstić information content (AvgIpc) is 2.67. The Morgan fingerprint density at radius 2 is 1.65 bits per heavy atom. The first-order valence-electron chi connectivity index (χ1n) is 8.41. The van der Waals surface area contributed by atoms with Crippen LogP contribution in [0.1, 0.15) is 19.4 Å². The van der Waals surface area contributed by atoms with Crippen LogP contribution in [0.15, 0.2) is 71.9 Å². The predicted molar refractivity (Wildman–Crippen MR) is 104 cm³/mol. The van der Waals surface area contributed by atoms with Gasteiger partial charge in [-0.05, 0) is 31.5 Å². The highest BCUT2D eigenvalue weighted by Crippen LogP contribution is 2.22. The van der Waals surface area contributed by atoms with Crippen LogP contribution < -0.4 is 5.32 Å². The Kier molecular flexibility index (Phi) is 5.32. The van der Waals surface area contributed by atoms with Gasteiger partial charge in [0.15, 0.2) is 9.84 Å². The molecule has 0 saturated carbocycles. The fourth-order valence-corrected chi connectivity index (χ4v) is 3.53. The summed E-state index contributed by atoms with van der Waals surface area (Å²) in [5.41, 5.74) is 2.67. The molecule has 1 heterocycles. The molecule has 2 aromatic carbocycles. The van der Waals surface area contributed by atoms with Gasteiger partial charge in [0.1, 0.15) is 5.82 Å². The van der Waals surface area contributed by atoms with Crippen LogP contribution in [0, 0.1) is 0 Å². The highest BCUT2D eigenvalue weighted by Gasteiger charge is 2.18. The Labute approximate surface area is 154 Å². The van der Waals surface area contributed by atoms with Crippen molar-refractivity contribution in [1.82, 2.24) is 9.97 Å². The third kappa shape index (κ3) is 4.08. The average molecular weight is 367 g/mol. The Balaban J connectivity index is 1.78. The molecule has 0 unspecified atom stereocenters. The van der Waals surface area contributed by atoms with E-state index in [1.165, 1.54) is 0 Å². The maximum atomic E-state index is 12.2. The van der Waals surface area contributed by atoms with Crippen LogP contribution in [0.4, 0.5) is 5.82 Å². The molecule has 0 saturated heterocycles. The van der Waals surface area contributed by atoms with Crippen molar-refractivity contribution in [2.24, 2.45) is 0 Å². The van der Waals surface area contributed by atoms with E-state index in [9.17, 15) is 8.42 Å². The van der Waals surface area contributed by atoms with Gasteiger partial charge in [0.2, 0.25) is 0 Å². The number of hydrogen-bond donors (Lipinski definition) is 1. The SMILES string of the molecule is CC(C)S(=O)(=O)c1ccc(-c2cncc(NCc3ccccc3)n2)cc1. The molecule has 0 aliphatic heterocycles. The van der Waals surface area contributed by atoms with Crippen molar-refractivity contribution in [1.29, 1.82) is 0 Å². The molecular weight excluding hydrogens is 346 g/mol. The van der Waals surface area contributed by atoms with E-state index in [0.29, 0.717) is 23.0 Å². The Hall–Kier alpha value is -2.73. The van der Waals surface area contributed by atoms with Crippen molar-refractivity contribution in [3.8, 4) is 11.3 Å². The van der Waals surface area contributed by atoms with Crippen LogP contribution in [-0.4, -0.2) is 23.6 Å². The normalized spacial score (nSPS) is 11.5. The van der Waals surface area contributed by atoms with Gasteiger partial charge in [0.25, 0.3) is 0 Å². The van der Waals surface area contributed by atoms with Crippen molar-refractivity contribution in [3.63, 3.8) is 0 Å². The van der Waals surface area contributed by atoms with Gasteiger partial charge in [-0.2, -0.15) is 0 Å². The van der Waals surface area contributed by atoms with Gasteiger partial charge >= 0.3 is 0 Å². The standard InChI is InChI=1S/C20H21N3O2S/c1-15(2)26(24,25)18-10-8-17(9-11-18)19-13-21-14-20(23-19)22-12-16-6-4-3-5-7-16/h3-11,13-15H,12H2,1-2H3,(H,22,23). The molecule has 0 spiro atoms. The van der Waals surface area contributed by atoms with Crippen LogP contribution in [0.2, 0.25) is 0 Å². The van der Waals surface area contributed by atoms with E-state index < -0.39 is 15.1 Å². The first-order chi connectivity index (χ1) is 12.5. The molecule has 0 fully saturated rings. The van der Waals surface area contributed by atoms with Gasteiger partial charge < -0.3 is 5.32 Å². The van der Waals surface area contributed by atoms with E-state index in [0.717, 1.165) is 11.1 Å². The van der Waals surface area contributed by atoms with Crippen LogP contribution >= 0.6 is 0 Å². The van der Waals surface area contributed by atoms with E-state index in [-0.39, 0.29) is 0 Å². The number of nitrogens with one attached hydrogen (secondary N) is 1. The monoisotopic (exact) mass is 367 g/mol. The van der Waals surface area contributed by atoms with Crippen molar-refractivity contribution >= 4 is 15.7 Å². The summed E-state index contributed by atoms with van der Waals surface area (Å²) >= 11 is 0. The molecule has 0 aliphatic carbocycles. The number of hydrogen-bond acceptors (Lipinski definition) is 5. The van der Waals surface area contributed by atoms with Crippen molar-refractivity contribution in [3.05, 3.63) is 72.6 Å². The minimum absolute atomic E-state index is 0.322. The summed E-state index contributed by atoms with van der Waals surface area (Å²) in [5, 5.41) is 2.81. The second kappa shape index (κ2) is 7.66. The zero-order chi connectivity index (χ0) is 18.6. The Bertz CT molecular complexity index is 969. The van der Waals surface area contributed by atoms with E-state index in [1.54, 1.807) is 50.5 Å². The third-order valence-corrected chi connectivity index (χ3v) is 6.22. The lowest BCUT2D eigenvalue weighted by atomic mass is 10.2. The lowest BCUT2D eigenvalue weighted by Gasteiger charge is -2.09. The van der Waals surface area contributed by atoms with Gasteiger partial charge in [-0.1, -0.05) is 42.5 Å². The van der Waals surface area contributed by atoms with Crippen molar-refractivity contribution in [2.45, 2.75) is 30.5 Å². The van der Waals surface area contributed by atoms with Gasteiger partial charge in [-0.3, -0.25) is 4.98 Å². The lowest BCUT2D eigenvalue weighted by Crippen LogP contribution is -2.13. The summed E-state index contributed by atoms with van der Waals surface area (Å²) in [6.45, 7) is 4.01. The van der Waals surface area contributed by atoms with Crippen LogP contribution in [-0.2, 0) is 16.4 Å². The summed E-state index contributed by atoms with van der Waals surface area (Å²) < 4.78 is 24.4. The Morgan fingerprint density at radius 3 is 2.31 bits per heavy atom. The molecule has 6 heteroatoms. The highest BCUT2D eigenvalue weighted by molar-refractivity contribution is 7.92. The second-order valence-corrected chi connectivity index (χ2v) is 8.75. The molecule has 1 N–H and O–H groups in total. The van der Waals surface area contributed by atoms with Gasteiger partial charge in [0.05, 0.1) is 28.2 Å². The quantitative estimate of drug-likeness (QED) is 0.714. The van der Waals surface area contributed by atoms with E-state index in [1.807, 2.05) is 30.3 Å². The molecule has 26 heavy (non-hydrogen) atoms. The maximum absolute atomic E-state index is 12.2. The number of rotatable bonds is 6. The summed E-state index contributed by atoms with van der Waals surface area (Å²) in [4.78, 5) is 9.11. The van der Waals surface area contributed by atoms with E-state index in [2.05, 4.69) is 15.3 Å². The molecule has 3 aromatic rings. The number of sulfone groups is 1. The number of anilines is 1. The molecule has 0 amide bonds. The summed E-state index contributed by atoms with van der Waals surface area (Å²) in [7, 11) is -3.27. The third-order valence-electron chi connectivity index (χ3n) is 4.05. The summed E-state index contributed by atoms with van der Waals surface area (Å²) in [6.07, 6.45) is 3.34. The molecule has 0 aliphatic rings. The molecule has 0 bridgehead atoms. The van der Waals surface area contributed by atoms with Gasteiger partial charge in [-0.25, -0.2) is 13.4 Å². The molecule has 134 valence electrons. The maximum Gasteiger partial charge on any atom is 0.180 e. The Morgan fingerprint density at radius 1 is 0.962 bits per heavy atom. The van der Waals surface area contributed by atoms with E-state index in [4.69, 9.17) is 0 Å². The first-order valence-corrected chi connectivity index (χ1v) is 9.95. The van der Waals surface area contributed by atoms with Crippen LogP contribution in [0.5, 0.6) is 0 Å². The van der Waals surface area contributed by atoms with E-state index >= 15 is 0 Å². The molecule has 3 rings (SSSR count). The minimum Gasteiger partial charge on any atom is -0.365 e. The van der Waals surface area contributed by atoms with Crippen LogP contribution in [0.3, 0.4) is 0 Å². The molecule has 1 aromatic heterocycles. The second-order valence-electron chi connectivity index (χ2n) is 6.25. The fourth-order valence-electron chi connectivity index (χ4n) is 2.47. The lowest BCUT2D eigenvalue weighted by molar-refractivity contribution is 0.587. The molecule has 0 radical (unpaired) electrons. The number of aromatic nitrogens is 2. The zero-order valence-electron chi connectivity index (χ0n) is 14.8. The van der Waals surface area contributed by atoms with Crippen molar-refractivity contribution in [2.75, 3.05) is 5.32 Å². The fraction of sp³-hybridized carbons (Fsp3) is 0.200. The minimum atomic E-state index is -3.27.